The first-order valence-corrected chi connectivity index (χ1v) is 8.08. The molecule has 0 spiro atoms. The summed E-state index contributed by atoms with van der Waals surface area (Å²) in [5.74, 6) is 0.991. The highest BCUT2D eigenvalue weighted by Gasteiger charge is 2.11. The summed E-state index contributed by atoms with van der Waals surface area (Å²) in [6, 6.07) is 18.9. The summed E-state index contributed by atoms with van der Waals surface area (Å²) >= 11 is 0. The highest BCUT2D eigenvalue weighted by atomic mass is 16.3. The summed E-state index contributed by atoms with van der Waals surface area (Å²) < 4.78 is 5.92. The number of benzene rings is 2. The van der Waals surface area contributed by atoms with Gasteiger partial charge in [0.1, 0.15) is 11.3 Å². The Morgan fingerprint density at radius 1 is 1.09 bits per heavy atom. The molecule has 0 amide bonds. The van der Waals surface area contributed by atoms with Crippen molar-refractivity contribution >= 4 is 21.9 Å². The van der Waals surface area contributed by atoms with Crippen molar-refractivity contribution in [2.75, 3.05) is 6.54 Å². The molecule has 23 heavy (non-hydrogen) atoms. The molecule has 3 heteroatoms. The summed E-state index contributed by atoms with van der Waals surface area (Å²) in [6.07, 6.45) is 3.10. The first kappa shape index (κ1) is 14.1. The molecule has 116 valence electrons. The zero-order valence-electron chi connectivity index (χ0n) is 13.2. The zero-order chi connectivity index (χ0) is 15.6. The van der Waals surface area contributed by atoms with Crippen LogP contribution >= 0.6 is 0 Å². The molecule has 0 aliphatic rings. The molecule has 1 atom stereocenters. The van der Waals surface area contributed by atoms with Crippen LogP contribution in [0.1, 0.15) is 24.3 Å². The summed E-state index contributed by atoms with van der Waals surface area (Å²) in [5, 5.41) is 6.03. The third-order valence-corrected chi connectivity index (χ3v) is 4.39. The van der Waals surface area contributed by atoms with Crippen LogP contribution in [0.4, 0.5) is 0 Å². The molecule has 1 unspecified atom stereocenters. The zero-order valence-corrected chi connectivity index (χ0v) is 13.2. The molecule has 0 radical (unpaired) electrons. The highest BCUT2D eigenvalue weighted by Crippen LogP contribution is 2.23. The predicted octanol–water partition coefficient (Wildman–Crippen LogP) is 4.81. The topological polar surface area (TPSA) is 41.0 Å². The minimum atomic E-state index is 0.201. The number of fused-ring (bicyclic) bond motifs is 2. The fourth-order valence-electron chi connectivity index (χ4n) is 3.08. The molecule has 4 aromatic rings. The van der Waals surface area contributed by atoms with Gasteiger partial charge in [-0.15, -0.1) is 0 Å². The van der Waals surface area contributed by atoms with Crippen molar-refractivity contribution in [2.24, 2.45) is 0 Å². The second-order valence-electron chi connectivity index (χ2n) is 5.97. The second kappa shape index (κ2) is 5.94. The number of nitrogens with one attached hydrogen (secondary N) is 2. The van der Waals surface area contributed by atoms with Crippen LogP contribution in [0.3, 0.4) is 0 Å². The Morgan fingerprint density at radius 3 is 2.83 bits per heavy atom. The maximum atomic E-state index is 5.92. The molecular weight excluding hydrogens is 284 g/mol. The van der Waals surface area contributed by atoms with Crippen LogP contribution in [-0.4, -0.2) is 11.5 Å². The Bertz CT molecular complexity index is 902. The Hall–Kier alpha value is -2.52. The van der Waals surface area contributed by atoms with E-state index >= 15 is 0 Å². The van der Waals surface area contributed by atoms with Crippen LogP contribution in [0.5, 0.6) is 0 Å². The van der Waals surface area contributed by atoms with E-state index in [4.69, 9.17) is 4.42 Å². The van der Waals surface area contributed by atoms with Gasteiger partial charge < -0.3 is 14.7 Å². The normalized spacial score (nSPS) is 12.9. The van der Waals surface area contributed by atoms with Crippen LogP contribution in [0.2, 0.25) is 0 Å². The number of rotatable bonds is 5. The SMILES string of the molecule is CC(NCCc1c[nH]c2ccccc12)c1cc2ccccc2o1. The Morgan fingerprint density at radius 2 is 1.91 bits per heavy atom. The number of aromatic nitrogens is 1. The Kier molecular flexibility index (Phi) is 3.64. The first-order valence-electron chi connectivity index (χ1n) is 8.08. The van der Waals surface area contributed by atoms with Gasteiger partial charge in [0, 0.05) is 22.5 Å². The molecule has 0 bridgehead atoms. The molecule has 0 aliphatic heterocycles. The van der Waals surface area contributed by atoms with Crippen molar-refractivity contribution in [1.82, 2.24) is 10.3 Å². The average molecular weight is 304 g/mol. The van der Waals surface area contributed by atoms with E-state index in [-0.39, 0.29) is 6.04 Å². The van der Waals surface area contributed by atoms with Gasteiger partial charge in [-0.3, -0.25) is 0 Å². The van der Waals surface area contributed by atoms with Gasteiger partial charge >= 0.3 is 0 Å². The quantitative estimate of drug-likeness (QED) is 0.555. The third kappa shape index (κ3) is 2.76. The van der Waals surface area contributed by atoms with Gasteiger partial charge in [-0.25, -0.2) is 0 Å². The molecule has 0 saturated carbocycles. The maximum Gasteiger partial charge on any atom is 0.134 e. The van der Waals surface area contributed by atoms with Gasteiger partial charge in [0.2, 0.25) is 0 Å². The summed E-state index contributed by atoms with van der Waals surface area (Å²) in [6.45, 7) is 3.06. The number of hydrogen-bond acceptors (Lipinski definition) is 2. The van der Waals surface area contributed by atoms with Gasteiger partial charge in [0.25, 0.3) is 0 Å². The smallest absolute Gasteiger partial charge is 0.134 e. The number of aromatic amines is 1. The van der Waals surface area contributed by atoms with Gasteiger partial charge in [-0.2, -0.15) is 0 Å². The van der Waals surface area contributed by atoms with Crippen molar-refractivity contribution < 1.29 is 4.42 Å². The van der Waals surface area contributed by atoms with Crippen molar-refractivity contribution in [3.63, 3.8) is 0 Å². The molecule has 0 saturated heterocycles. The number of para-hydroxylation sites is 2. The second-order valence-corrected chi connectivity index (χ2v) is 5.97. The summed E-state index contributed by atoms with van der Waals surface area (Å²) in [5.41, 5.74) is 3.51. The monoisotopic (exact) mass is 304 g/mol. The van der Waals surface area contributed by atoms with Crippen LogP contribution in [-0.2, 0) is 6.42 Å². The van der Waals surface area contributed by atoms with Gasteiger partial charge in [-0.05, 0) is 43.7 Å². The van der Waals surface area contributed by atoms with E-state index in [1.807, 2.05) is 18.2 Å². The lowest BCUT2D eigenvalue weighted by molar-refractivity contribution is 0.454. The van der Waals surface area contributed by atoms with Crippen LogP contribution in [0.25, 0.3) is 21.9 Å². The average Bonchev–Trinajstić information content (AvgIpc) is 3.19. The lowest BCUT2D eigenvalue weighted by atomic mass is 10.1. The third-order valence-electron chi connectivity index (χ3n) is 4.39. The molecule has 2 aromatic carbocycles. The van der Waals surface area contributed by atoms with E-state index in [0.717, 1.165) is 29.7 Å². The van der Waals surface area contributed by atoms with Crippen molar-refractivity contribution in [3.05, 3.63) is 72.1 Å². The van der Waals surface area contributed by atoms with Crippen molar-refractivity contribution in [1.29, 1.82) is 0 Å². The fraction of sp³-hybridized carbons (Fsp3) is 0.200. The highest BCUT2D eigenvalue weighted by molar-refractivity contribution is 5.83. The van der Waals surface area contributed by atoms with E-state index in [1.165, 1.54) is 16.5 Å². The molecule has 0 aliphatic carbocycles. The minimum absolute atomic E-state index is 0.201. The van der Waals surface area contributed by atoms with E-state index in [9.17, 15) is 0 Å². The van der Waals surface area contributed by atoms with Crippen LogP contribution in [0.15, 0.2) is 65.2 Å². The molecule has 2 aromatic heterocycles. The standard InChI is InChI=1S/C20H20N2O/c1-14(20-12-15-6-2-5-9-19(15)23-20)21-11-10-16-13-22-18-8-4-3-7-17(16)18/h2-9,12-14,21-22H,10-11H2,1H3. The van der Waals surface area contributed by atoms with E-state index in [0.29, 0.717) is 0 Å². The molecule has 2 N–H and O–H groups in total. The van der Waals surface area contributed by atoms with E-state index < -0.39 is 0 Å². The molecule has 2 heterocycles. The maximum absolute atomic E-state index is 5.92. The first-order chi connectivity index (χ1) is 11.3. The van der Waals surface area contributed by atoms with Gasteiger partial charge in [-0.1, -0.05) is 36.4 Å². The molecule has 3 nitrogen and oxygen atoms in total. The van der Waals surface area contributed by atoms with E-state index in [1.54, 1.807) is 0 Å². The number of H-pyrrole nitrogens is 1. The minimum Gasteiger partial charge on any atom is -0.459 e. The summed E-state index contributed by atoms with van der Waals surface area (Å²) in [7, 11) is 0. The van der Waals surface area contributed by atoms with Crippen LogP contribution < -0.4 is 5.32 Å². The largest absolute Gasteiger partial charge is 0.459 e. The number of furan rings is 1. The lowest BCUT2D eigenvalue weighted by Gasteiger charge is -2.10. The Balaban J connectivity index is 1.42. The van der Waals surface area contributed by atoms with Gasteiger partial charge in [0.15, 0.2) is 0 Å². The number of hydrogen-bond donors (Lipinski definition) is 2. The molecule has 0 fully saturated rings. The summed E-state index contributed by atoms with van der Waals surface area (Å²) in [4.78, 5) is 3.33. The van der Waals surface area contributed by atoms with Crippen molar-refractivity contribution in [3.8, 4) is 0 Å². The predicted molar refractivity (Wildman–Crippen MR) is 94.6 cm³/mol. The fourth-order valence-corrected chi connectivity index (χ4v) is 3.08. The molecule has 4 rings (SSSR count). The van der Waals surface area contributed by atoms with E-state index in [2.05, 4.69) is 59.8 Å². The Labute approximate surface area is 135 Å². The van der Waals surface area contributed by atoms with Crippen molar-refractivity contribution in [2.45, 2.75) is 19.4 Å². The lowest BCUT2D eigenvalue weighted by Crippen LogP contribution is -2.20. The van der Waals surface area contributed by atoms with Crippen LogP contribution in [0, 0.1) is 0 Å². The molecular formula is C20H20N2O. The van der Waals surface area contributed by atoms with Gasteiger partial charge in [0.05, 0.1) is 6.04 Å².